The predicted octanol–water partition coefficient (Wildman–Crippen LogP) is 15.2. The van der Waals surface area contributed by atoms with Gasteiger partial charge in [0.15, 0.2) is 0 Å². The van der Waals surface area contributed by atoms with Crippen molar-refractivity contribution in [3.8, 4) is 58.9 Å². The van der Waals surface area contributed by atoms with Crippen molar-refractivity contribution in [2.75, 3.05) is 13.2 Å². The zero-order valence-electron chi connectivity index (χ0n) is 35.8. The van der Waals surface area contributed by atoms with Crippen LogP contribution in [0.4, 0.5) is 0 Å². The maximum absolute atomic E-state index is 6.63. The summed E-state index contributed by atoms with van der Waals surface area (Å²) in [5, 5.41) is 6.92. The summed E-state index contributed by atoms with van der Waals surface area (Å²) in [6.45, 7) is 14.7. The first kappa shape index (κ1) is 44.2. The highest BCUT2D eigenvalue weighted by Crippen LogP contribution is 2.42. The molecule has 0 saturated carbocycles. The first-order chi connectivity index (χ1) is 27.6. The standard InChI is InChI=1S/C54H68O2/c1-7-13-19-25-31-43-37-47-48(38-44(43)32-26-20-14-8-2)50-40-46(34-28-22-16-10-4)54(56-36-30-24-18-12-6)42-52(50)51-41-53(55-35-29-23-17-11-5)45(39-49(47)51)33-27-21-15-9-3/h37-42H,7-24,29-30,35-36H2,1-6H3. The van der Waals surface area contributed by atoms with Gasteiger partial charge in [-0.2, -0.15) is 0 Å². The summed E-state index contributed by atoms with van der Waals surface area (Å²) >= 11 is 0. The number of hydrogen-bond acceptors (Lipinski definition) is 2. The van der Waals surface area contributed by atoms with Crippen molar-refractivity contribution < 1.29 is 9.47 Å². The Hall–Kier alpha value is -4.50. The molecule has 4 rings (SSSR count). The van der Waals surface area contributed by atoms with E-state index in [1.807, 2.05) is 0 Å². The smallest absolute Gasteiger partial charge is 0.135 e. The van der Waals surface area contributed by atoms with Crippen molar-refractivity contribution in [1.29, 1.82) is 0 Å². The Morgan fingerprint density at radius 3 is 0.929 bits per heavy atom. The highest BCUT2D eigenvalue weighted by atomic mass is 16.5. The zero-order valence-corrected chi connectivity index (χ0v) is 35.8. The quantitative estimate of drug-likeness (QED) is 0.0509. The molecule has 0 aromatic heterocycles. The average Bonchev–Trinajstić information content (AvgIpc) is 3.21. The number of unbranched alkanes of at least 4 members (excludes halogenated alkanes) is 14. The van der Waals surface area contributed by atoms with Gasteiger partial charge in [0, 0.05) is 36.8 Å². The van der Waals surface area contributed by atoms with Gasteiger partial charge in [0.1, 0.15) is 11.5 Å². The molecule has 2 nitrogen and oxygen atoms in total. The minimum absolute atomic E-state index is 0.682. The van der Waals surface area contributed by atoms with E-state index in [4.69, 9.17) is 9.47 Å². The summed E-state index contributed by atoms with van der Waals surface area (Å²) in [7, 11) is 0. The fourth-order valence-corrected chi connectivity index (χ4v) is 6.85. The van der Waals surface area contributed by atoms with Gasteiger partial charge in [0.05, 0.1) is 24.3 Å². The molecular formula is C54H68O2. The molecule has 0 N–H and O–H groups in total. The van der Waals surface area contributed by atoms with Crippen LogP contribution in [0, 0.1) is 47.4 Å². The number of benzene rings is 4. The van der Waals surface area contributed by atoms with E-state index in [1.54, 1.807) is 0 Å². The van der Waals surface area contributed by atoms with E-state index >= 15 is 0 Å². The maximum atomic E-state index is 6.63. The molecule has 0 amide bonds. The molecule has 0 aliphatic rings. The Morgan fingerprint density at radius 1 is 0.321 bits per heavy atom. The molecule has 4 aromatic rings. The van der Waals surface area contributed by atoms with Crippen LogP contribution in [-0.2, 0) is 0 Å². The molecule has 0 spiro atoms. The molecule has 56 heavy (non-hydrogen) atoms. The molecule has 2 heteroatoms. The van der Waals surface area contributed by atoms with Crippen molar-refractivity contribution in [3.05, 3.63) is 58.7 Å². The van der Waals surface area contributed by atoms with Crippen LogP contribution in [0.25, 0.3) is 32.3 Å². The fraction of sp³-hybridized carbons (Fsp3) is 0.519. The van der Waals surface area contributed by atoms with Crippen molar-refractivity contribution in [2.24, 2.45) is 0 Å². The van der Waals surface area contributed by atoms with Gasteiger partial charge in [0.2, 0.25) is 0 Å². The van der Waals surface area contributed by atoms with E-state index < -0.39 is 0 Å². The Labute approximate surface area is 341 Å². The van der Waals surface area contributed by atoms with Gasteiger partial charge in [-0.1, -0.05) is 153 Å². The Morgan fingerprint density at radius 2 is 0.607 bits per heavy atom. The first-order valence-electron chi connectivity index (χ1n) is 22.4. The van der Waals surface area contributed by atoms with Crippen LogP contribution in [0.5, 0.6) is 11.5 Å². The van der Waals surface area contributed by atoms with Gasteiger partial charge < -0.3 is 9.47 Å². The van der Waals surface area contributed by atoms with E-state index in [-0.39, 0.29) is 0 Å². The summed E-state index contributed by atoms with van der Waals surface area (Å²) in [5.41, 5.74) is 3.90. The normalized spacial score (nSPS) is 10.6. The first-order valence-corrected chi connectivity index (χ1v) is 22.4. The number of fused-ring (bicyclic) bond motifs is 6. The number of ether oxygens (including phenoxy) is 2. The van der Waals surface area contributed by atoms with Crippen molar-refractivity contribution >= 4 is 32.3 Å². The topological polar surface area (TPSA) is 18.5 Å². The van der Waals surface area contributed by atoms with E-state index in [0.29, 0.717) is 13.2 Å². The van der Waals surface area contributed by atoms with Crippen LogP contribution >= 0.6 is 0 Å². The van der Waals surface area contributed by atoms with Gasteiger partial charge in [0.25, 0.3) is 0 Å². The fourth-order valence-electron chi connectivity index (χ4n) is 6.85. The second-order valence-corrected chi connectivity index (χ2v) is 15.2. The molecule has 0 radical (unpaired) electrons. The molecule has 0 atom stereocenters. The van der Waals surface area contributed by atoms with Crippen molar-refractivity contribution in [1.82, 2.24) is 0 Å². The van der Waals surface area contributed by atoms with Crippen LogP contribution in [0.2, 0.25) is 0 Å². The molecular weight excluding hydrogens is 681 g/mol. The molecule has 0 heterocycles. The lowest BCUT2D eigenvalue weighted by atomic mass is 9.89. The Balaban J connectivity index is 2.10. The third-order valence-electron chi connectivity index (χ3n) is 10.3. The SMILES string of the molecule is CCCCC#Cc1cc2c(cc1C#CCCCC)c1cc(C#CCCCC)c(OCCCCCC)cc1c1cc(OCCCCCC)c(C#CCCCC)cc21. The van der Waals surface area contributed by atoms with Crippen LogP contribution in [-0.4, -0.2) is 13.2 Å². The van der Waals surface area contributed by atoms with Crippen LogP contribution in [0.3, 0.4) is 0 Å². The largest absolute Gasteiger partial charge is 0.492 e. The summed E-state index contributed by atoms with van der Waals surface area (Å²) in [4.78, 5) is 0. The lowest BCUT2D eigenvalue weighted by Crippen LogP contribution is -2.01. The highest BCUT2D eigenvalue weighted by Gasteiger charge is 2.17. The molecule has 4 aromatic carbocycles. The van der Waals surface area contributed by atoms with E-state index in [9.17, 15) is 0 Å². The third-order valence-corrected chi connectivity index (χ3v) is 10.3. The minimum atomic E-state index is 0.682. The van der Waals surface area contributed by atoms with E-state index in [2.05, 4.69) is 125 Å². The maximum Gasteiger partial charge on any atom is 0.135 e. The molecule has 0 saturated heterocycles. The van der Waals surface area contributed by atoms with Crippen LogP contribution in [0.15, 0.2) is 36.4 Å². The Bertz CT molecular complexity index is 1950. The lowest BCUT2D eigenvalue weighted by Gasteiger charge is -2.17. The monoisotopic (exact) mass is 749 g/mol. The summed E-state index contributed by atoms with van der Waals surface area (Å²) in [6, 6.07) is 13.7. The summed E-state index contributed by atoms with van der Waals surface area (Å²) in [5.74, 6) is 29.9. The molecule has 0 unspecified atom stereocenters. The molecule has 0 aliphatic carbocycles. The third kappa shape index (κ3) is 13.3. The second-order valence-electron chi connectivity index (χ2n) is 15.2. The average molecular weight is 749 g/mol. The lowest BCUT2D eigenvalue weighted by molar-refractivity contribution is 0.304. The summed E-state index contributed by atoms with van der Waals surface area (Å²) in [6.07, 6.45) is 21.7. The van der Waals surface area contributed by atoms with Crippen molar-refractivity contribution in [3.63, 3.8) is 0 Å². The second kappa shape index (κ2) is 25.6. The number of rotatable bonds is 20. The zero-order chi connectivity index (χ0) is 39.8. The van der Waals surface area contributed by atoms with E-state index in [0.717, 1.165) is 156 Å². The van der Waals surface area contributed by atoms with Gasteiger partial charge in [-0.25, -0.2) is 0 Å². The Kier molecular flexibility index (Phi) is 20.2. The van der Waals surface area contributed by atoms with Gasteiger partial charge >= 0.3 is 0 Å². The van der Waals surface area contributed by atoms with Crippen molar-refractivity contribution in [2.45, 2.75) is 170 Å². The molecule has 0 aliphatic heterocycles. The predicted molar refractivity (Wildman–Crippen MR) is 244 cm³/mol. The molecule has 296 valence electrons. The number of hydrogen-bond donors (Lipinski definition) is 0. The van der Waals surface area contributed by atoms with Gasteiger partial charge in [-0.05, 0) is 107 Å². The van der Waals surface area contributed by atoms with E-state index in [1.165, 1.54) is 38.5 Å². The summed E-state index contributed by atoms with van der Waals surface area (Å²) < 4.78 is 13.3. The van der Waals surface area contributed by atoms with Crippen LogP contribution in [0.1, 0.15) is 192 Å². The molecule has 0 bridgehead atoms. The van der Waals surface area contributed by atoms with Crippen LogP contribution < -0.4 is 9.47 Å². The van der Waals surface area contributed by atoms with Gasteiger partial charge in [-0.15, -0.1) is 0 Å². The highest BCUT2D eigenvalue weighted by molar-refractivity contribution is 6.26. The minimum Gasteiger partial charge on any atom is -0.492 e. The molecule has 0 fully saturated rings. The van der Waals surface area contributed by atoms with Gasteiger partial charge in [-0.3, -0.25) is 0 Å².